The molecule has 15 heavy (non-hydrogen) atoms. The molecule has 0 aliphatic heterocycles. The standard InChI is InChI=1S/C7H5BrF2N2O3/c8-5-4(6(9)10)1-3(2-13)7(11-5)12(14)15/h1,6,13H,2H2. The second-order valence-corrected chi connectivity index (χ2v) is 3.32. The monoisotopic (exact) mass is 282 g/mol. The lowest BCUT2D eigenvalue weighted by Crippen LogP contribution is -2.02. The van der Waals surface area contributed by atoms with Crippen LogP contribution in [0.3, 0.4) is 0 Å². The van der Waals surface area contributed by atoms with Crippen molar-refractivity contribution in [2.24, 2.45) is 0 Å². The molecular formula is C7H5BrF2N2O3. The van der Waals surface area contributed by atoms with Crippen molar-refractivity contribution < 1.29 is 18.8 Å². The molecule has 0 aromatic carbocycles. The van der Waals surface area contributed by atoms with E-state index in [0.717, 1.165) is 6.07 Å². The first-order valence-corrected chi connectivity index (χ1v) is 4.49. The Kier molecular flexibility index (Phi) is 3.64. The number of hydrogen-bond donors (Lipinski definition) is 1. The molecule has 0 radical (unpaired) electrons. The zero-order valence-corrected chi connectivity index (χ0v) is 8.74. The summed E-state index contributed by atoms with van der Waals surface area (Å²) in [6.07, 6.45) is -2.81. The number of nitro groups is 1. The number of halogens is 3. The minimum absolute atomic E-state index is 0.237. The number of hydrogen-bond acceptors (Lipinski definition) is 4. The molecule has 0 aliphatic carbocycles. The molecule has 0 bridgehead atoms. The predicted octanol–water partition coefficient (Wildman–Crippen LogP) is 2.18. The molecule has 0 saturated carbocycles. The average molecular weight is 283 g/mol. The molecule has 1 aromatic rings. The van der Waals surface area contributed by atoms with Gasteiger partial charge in [-0.05, 0) is 16.0 Å². The van der Waals surface area contributed by atoms with E-state index in [9.17, 15) is 18.9 Å². The summed E-state index contributed by atoms with van der Waals surface area (Å²) >= 11 is 2.70. The largest absolute Gasteiger partial charge is 0.391 e. The molecule has 0 fully saturated rings. The maximum Gasteiger partial charge on any atom is 0.370 e. The van der Waals surface area contributed by atoms with Gasteiger partial charge in [0.1, 0.15) is 0 Å². The smallest absolute Gasteiger partial charge is 0.370 e. The highest BCUT2D eigenvalue weighted by Crippen LogP contribution is 2.30. The molecule has 1 heterocycles. The summed E-state index contributed by atoms with van der Waals surface area (Å²) in [6, 6.07) is 0.861. The van der Waals surface area contributed by atoms with E-state index >= 15 is 0 Å². The molecule has 0 atom stereocenters. The SMILES string of the molecule is O=[N+]([O-])c1nc(Br)c(C(F)F)cc1CO. The summed E-state index contributed by atoms with van der Waals surface area (Å²) in [5.41, 5.74) is -0.719. The van der Waals surface area contributed by atoms with Crippen LogP contribution in [0.5, 0.6) is 0 Å². The fraction of sp³-hybridized carbons (Fsp3) is 0.286. The maximum atomic E-state index is 12.4. The van der Waals surface area contributed by atoms with E-state index < -0.39 is 29.3 Å². The van der Waals surface area contributed by atoms with Gasteiger partial charge in [0, 0.05) is 15.9 Å². The lowest BCUT2D eigenvalue weighted by Gasteiger charge is -2.03. The van der Waals surface area contributed by atoms with Crippen molar-refractivity contribution in [3.05, 3.63) is 31.9 Å². The summed E-state index contributed by atoms with van der Waals surface area (Å²) in [4.78, 5) is 12.9. The maximum absolute atomic E-state index is 12.4. The van der Waals surface area contributed by atoms with Gasteiger partial charge in [0.05, 0.1) is 17.7 Å². The average Bonchev–Trinajstić information content (AvgIpc) is 2.16. The van der Waals surface area contributed by atoms with Crippen LogP contribution < -0.4 is 0 Å². The zero-order chi connectivity index (χ0) is 11.6. The van der Waals surface area contributed by atoms with Crippen LogP contribution in [-0.2, 0) is 6.61 Å². The van der Waals surface area contributed by atoms with Crippen molar-refractivity contribution in [3.8, 4) is 0 Å². The van der Waals surface area contributed by atoms with Gasteiger partial charge < -0.3 is 15.2 Å². The highest BCUT2D eigenvalue weighted by Gasteiger charge is 2.24. The van der Waals surface area contributed by atoms with Crippen molar-refractivity contribution in [1.29, 1.82) is 0 Å². The van der Waals surface area contributed by atoms with Crippen LogP contribution in [-0.4, -0.2) is 15.0 Å². The van der Waals surface area contributed by atoms with E-state index in [1.54, 1.807) is 0 Å². The summed E-state index contributed by atoms with van der Waals surface area (Å²) < 4.78 is 24.4. The number of aliphatic hydroxyl groups excluding tert-OH is 1. The van der Waals surface area contributed by atoms with E-state index in [4.69, 9.17) is 5.11 Å². The third kappa shape index (κ3) is 2.45. The second-order valence-electron chi connectivity index (χ2n) is 2.57. The molecule has 0 unspecified atom stereocenters. The van der Waals surface area contributed by atoms with Gasteiger partial charge in [0.15, 0.2) is 0 Å². The Labute approximate surface area is 91.0 Å². The first-order valence-electron chi connectivity index (χ1n) is 3.70. The third-order valence-electron chi connectivity index (χ3n) is 1.64. The van der Waals surface area contributed by atoms with Crippen molar-refractivity contribution >= 4 is 21.7 Å². The number of aliphatic hydroxyl groups is 1. The number of aromatic nitrogens is 1. The Hall–Kier alpha value is -1.15. The lowest BCUT2D eigenvalue weighted by atomic mass is 10.2. The van der Waals surface area contributed by atoms with Gasteiger partial charge in [-0.15, -0.1) is 0 Å². The third-order valence-corrected chi connectivity index (χ3v) is 2.27. The number of rotatable bonds is 3. The van der Waals surface area contributed by atoms with Gasteiger partial charge >= 0.3 is 5.82 Å². The van der Waals surface area contributed by atoms with Crippen LogP contribution in [0.25, 0.3) is 0 Å². The van der Waals surface area contributed by atoms with E-state index in [2.05, 4.69) is 20.9 Å². The Morgan fingerprint density at radius 3 is 2.67 bits per heavy atom. The minimum Gasteiger partial charge on any atom is -0.391 e. The molecule has 1 aromatic heterocycles. The fourth-order valence-corrected chi connectivity index (χ4v) is 1.42. The first-order chi connectivity index (χ1) is 6.97. The Bertz CT molecular complexity index is 400. The second kappa shape index (κ2) is 4.58. The van der Waals surface area contributed by atoms with Gasteiger partial charge in [-0.25, -0.2) is 8.78 Å². The quantitative estimate of drug-likeness (QED) is 0.524. The molecule has 1 rings (SSSR count). The van der Waals surface area contributed by atoms with Crippen LogP contribution in [0.2, 0.25) is 0 Å². The lowest BCUT2D eigenvalue weighted by molar-refractivity contribution is -0.390. The molecule has 8 heteroatoms. The van der Waals surface area contributed by atoms with Crippen LogP contribution in [0.4, 0.5) is 14.6 Å². The normalized spacial score (nSPS) is 10.7. The van der Waals surface area contributed by atoms with Crippen molar-refractivity contribution in [2.75, 3.05) is 0 Å². The van der Waals surface area contributed by atoms with Gasteiger partial charge in [-0.1, -0.05) is 0 Å². The van der Waals surface area contributed by atoms with Gasteiger partial charge in [-0.3, -0.25) is 0 Å². The molecular weight excluding hydrogens is 278 g/mol. The van der Waals surface area contributed by atoms with Crippen LogP contribution in [0, 0.1) is 10.1 Å². The summed E-state index contributed by atoms with van der Waals surface area (Å²) in [5, 5.41) is 19.2. The molecule has 5 nitrogen and oxygen atoms in total. The zero-order valence-electron chi connectivity index (χ0n) is 7.15. The molecule has 1 N–H and O–H groups in total. The molecule has 0 spiro atoms. The topological polar surface area (TPSA) is 76.3 Å². The van der Waals surface area contributed by atoms with Crippen molar-refractivity contribution in [1.82, 2.24) is 4.98 Å². The molecule has 0 saturated heterocycles. The van der Waals surface area contributed by atoms with Gasteiger partial charge in [0.2, 0.25) is 4.60 Å². The first kappa shape index (κ1) is 11.9. The Balaban J connectivity index is 3.35. The summed E-state index contributed by atoms with van der Waals surface area (Å²) in [7, 11) is 0. The molecule has 82 valence electrons. The molecule has 0 aliphatic rings. The van der Waals surface area contributed by atoms with Gasteiger partial charge in [-0.2, -0.15) is 0 Å². The summed E-state index contributed by atoms with van der Waals surface area (Å²) in [6.45, 7) is -0.712. The highest BCUT2D eigenvalue weighted by molar-refractivity contribution is 9.10. The predicted molar refractivity (Wildman–Crippen MR) is 49.5 cm³/mol. The highest BCUT2D eigenvalue weighted by atomic mass is 79.9. The number of nitrogens with zero attached hydrogens (tertiary/aromatic N) is 2. The number of alkyl halides is 2. The van der Waals surface area contributed by atoms with Crippen LogP contribution >= 0.6 is 15.9 Å². The molecule has 0 amide bonds. The van der Waals surface area contributed by atoms with E-state index in [-0.39, 0.29) is 10.2 Å². The Morgan fingerprint density at radius 1 is 1.67 bits per heavy atom. The van der Waals surface area contributed by atoms with E-state index in [1.165, 1.54) is 0 Å². The van der Waals surface area contributed by atoms with E-state index in [0.29, 0.717) is 0 Å². The van der Waals surface area contributed by atoms with Crippen molar-refractivity contribution in [3.63, 3.8) is 0 Å². The fourth-order valence-electron chi connectivity index (χ4n) is 0.969. The van der Waals surface area contributed by atoms with Crippen LogP contribution in [0.1, 0.15) is 17.6 Å². The minimum atomic E-state index is -2.81. The Morgan fingerprint density at radius 2 is 2.27 bits per heavy atom. The summed E-state index contributed by atoms with van der Waals surface area (Å²) in [5.74, 6) is -0.631. The van der Waals surface area contributed by atoms with Gasteiger partial charge in [0.25, 0.3) is 6.43 Å². The van der Waals surface area contributed by atoms with Crippen molar-refractivity contribution in [2.45, 2.75) is 13.0 Å². The number of pyridine rings is 1. The van der Waals surface area contributed by atoms with E-state index in [1.807, 2.05) is 0 Å². The van der Waals surface area contributed by atoms with Crippen LogP contribution in [0.15, 0.2) is 10.7 Å².